The van der Waals surface area contributed by atoms with Gasteiger partial charge in [0.2, 0.25) is 0 Å². The van der Waals surface area contributed by atoms with Gasteiger partial charge in [0.15, 0.2) is 0 Å². The maximum atomic E-state index is 6.62. The number of aromatic nitrogens is 3. The summed E-state index contributed by atoms with van der Waals surface area (Å²) in [7, 11) is 1.89. The maximum Gasteiger partial charge on any atom is 0.134 e. The van der Waals surface area contributed by atoms with Gasteiger partial charge in [0.05, 0.1) is 0 Å². The molecule has 31 heavy (non-hydrogen) atoms. The topological polar surface area (TPSA) is 50.3 Å². The predicted molar refractivity (Wildman–Crippen MR) is 125 cm³/mol. The predicted octanol–water partition coefficient (Wildman–Crippen LogP) is 5.15. The van der Waals surface area contributed by atoms with Crippen molar-refractivity contribution in [1.82, 2.24) is 24.7 Å². The summed E-state index contributed by atoms with van der Waals surface area (Å²) in [6, 6.07) is 1.93. The summed E-state index contributed by atoms with van der Waals surface area (Å²) < 4.78 is 7.02. The van der Waals surface area contributed by atoms with Crippen LogP contribution in [0.15, 0.2) is 10.6 Å². The van der Waals surface area contributed by atoms with Gasteiger partial charge in [0, 0.05) is 25.2 Å². The van der Waals surface area contributed by atoms with Crippen molar-refractivity contribution < 1.29 is 4.52 Å². The van der Waals surface area contributed by atoms with Crippen molar-refractivity contribution in [3.8, 4) is 11.4 Å². The molecular weight excluding hydrogens is 410 g/mol. The molecule has 4 rings (SSSR count). The number of hydrogen-bond donors (Lipinski definition) is 0. The highest BCUT2D eigenvalue weighted by molar-refractivity contribution is 6.30. The van der Waals surface area contributed by atoms with E-state index in [-0.39, 0.29) is 0 Å². The highest BCUT2D eigenvalue weighted by Crippen LogP contribution is 2.42. The van der Waals surface area contributed by atoms with E-state index in [2.05, 4.69) is 40.8 Å². The van der Waals surface area contributed by atoms with Crippen molar-refractivity contribution in [3.05, 3.63) is 22.5 Å². The van der Waals surface area contributed by atoms with Gasteiger partial charge >= 0.3 is 0 Å². The highest BCUT2D eigenvalue weighted by Gasteiger charge is 2.38. The van der Waals surface area contributed by atoms with E-state index in [9.17, 15) is 0 Å². The van der Waals surface area contributed by atoms with Crippen molar-refractivity contribution in [3.63, 3.8) is 0 Å². The molecule has 0 aromatic carbocycles. The first-order valence-corrected chi connectivity index (χ1v) is 12.1. The molecule has 6 nitrogen and oxygen atoms in total. The van der Waals surface area contributed by atoms with Gasteiger partial charge < -0.3 is 9.42 Å². The molecular formula is C24H38ClN5O. The first kappa shape index (κ1) is 22.8. The Morgan fingerprint density at radius 2 is 1.68 bits per heavy atom. The van der Waals surface area contributed by atoms with E-state index in [0.717, 1.165) is 42.3 Å². The van der Waals surface area contributed by atoms with E-state index in [1.807, 2.05) is 20.0 Å². The van der Waals surface area contributed by atoms with E-state index < -0.39 is 0 Å². The van der Waals surface area contributed by atoms with Crippen LogP contribution in [0, 0.1) is 17.8 Å². The third-order valence-electron chi connectivity index (χ3n) is 7.33. The van der Waals surface area contributed by atoms with Crippen LogP contribution >= 0.6 is 11.6 Å². The Balaban J connectivity index is 1.34. The third kappa shape index (κ3) is 5.35. The zero-order chi connectivity index (χ0) is 22.2. The largest absolute Gasteiger partial charge is 0.361 e. The number of halogens is 1. The van der Waals surface area contributed by atoms with Gasteiger partial charge in [-0.25, -0.2) is 0 Å². The van der Waals surface area contributed by atoms with E-state index in [1.165, 1.54) is 51.7 Å². The first-order valence-electron chi connectivity index (χ1n) is 11.7. The first-order chi connectivity index (χ1) is 14.6. The lowest BCUT2D eigenvalue weighted by atomic mass is 9.71. The fraction of sp³-hybridized carbons (Fsp3) is 0.750. The monoisotopic (exact) mass is 447 g/mol. The zero-order valence-corrected chi connectivity index (χ0v) is 20.6. The van der Waals surface area contributed by atoms with Crippen LogP contribution in [0.2, 0.25) is 5.15 Å². The van der Waals surface area contributed by atoms with Crippen LogP contribution in [0.5, 0.6) is 0 Å². The van der Waals surface area contributed by atoms with Crippen molar-refractivity contribution in [1.29, 1.82) is 0 Å². The number of hydrogen-bond acceptors (Lipinski definition) is 5. The average molecular weight is 448 g/mol. The van der Waals surface area contributed by atoms with Crippen molar-refractivity contribution in [2.45, 2.75) is 66.3 Å². The number of aryl methyl sites for hydroxylation is 2. The fourth-order valence-electron chi connectivity index (χ4n) is 5.02. The zero-order valence-electron chi connectivity index (χ0n) is 19.9. The minimum absolute atomic E-state index is 0.428. The molecule has 4 heterocycles. The lowest BCUT2D eigenvalue weighted by Gasteiger charge is -2.47. The smallest absolute Gasteiger partial charge is 0.134 e. The number of rotatable bonds is 5. The molecule has 2 aromatic heterocycles. The van der Waals surface area contributed by atoms with Crippen LogP contribution in [-0.4, -0.2) is 57.5 Å². The second-order valence-corrected chi connectivity index (χ2v) is 11.4. The average Bonchev–Trinajstić information content (AvgIpc) is 3.27. The molecule has 172 valence electrons. The SMILES string of the molecule is Cc1cc(-c2nn(C)c(Cl)c2CN2CCC3(CCN(CCC(C)(C)C)CC3)CC2)no1. The summed E-state index contributed by atoms with van der Waals surface area (Å²) >= 11 is 6.62. The summed E-state index contributed by atoms with van der Waals surface area (Å²) in [6.07, 6.45) is 6.56. The normalized spacial score (nSPS) is 20.6. The van der Waals surface area contributed by atoms with E-state index in [0.29, 0.717) is 16.0 Å². The summed E-state index contributed by atoms with van der Waals surface area (Å²) in [5.74, 6) is 0.788. The summed E-state index contributed by atoms with van der Waals surface area (Å²) in [5, 5.41) is 9.48. The van der Waals surface area contributed by atoms with Crippen LogP contribution in [0.25, 0.3) is 11.4 Å². The quantitative estimate of drug-likeness (QED) is 0.634. The molecule has 0 unspecified atom stereocenters. The third-order valence-corrected chi connectivity index (χ3v) is 7.81. The second kappa shape index (κ2) is 8.87. The lowest BCUT2D eigenvalue weighted by Crippen LogP contribution is -2.47. The fourth-order valence-corrected chi connectivity index (χ4v) is 5.21. The molecule has 0 N–H and O–H groups in total. The van der Waals surface area contributed by atoms with Crippen LogP contribution in [0.1, 0.15) is 64.2 Å². The number of piperidine rings is 2. The van der Waals surface area contributed by atoms with Crippen LogP contribution in [0.4, 0.5) is 0 Å². The van der Waals surface area contributed by atoms with Gasteiger partial charge in [-0.1, -0.05) is 37.5 Å². The van der Waals surface area contributed by atoms with Gasteiger partial charge in [-0.05, 0) is 82.6 Å². The van der Waals surface area contributed by atoms with Gasteiger partial charge in [0.1, 0.15) is 22.3 Å². The molecule has 0 bridgehead atoms. The number of likely N-dealkylation sites (tertiary alicyclic amines) is 2. The van der Waals surface area contributed by atoms with E-state index in [1.54, 1.807) is 4.68 Å². The molecule has 2 aliphatic rings. The molecule has 2 aliphatic heterocycles. The minimum Gasteiger partial charge on any atom is -0.361 e. The highest BCUT2D eigenvalue weighted by atomic mass is 35.5. The number of nitrogens with zero attached hydrogens (tertiary/aromatic N) is 5. The molecule has 0 amide bonds. The van der Waals surface area contributed by atoms with Crippen LogP contribution in [-0.2, 0) is 13.6 Å². The Kier molecular flexibility index (Phi) is 6.53. The molecule has 2 aromatic rings. The molecule has 1 spiro atoms. The Bertz CT molecular complexity index is 878. The van der Waals surface area contributed by atoms with Gasteiger partial charge in [-0.2, -0.15) is 5.10 Å². The molecule has 0 radical (unpaired) electrons. The van der Waals surface area contributed by atoms with Gasteiger partial charge in [-0.15, -0.1) is 0 Å². The minimum atomic E-state index is 0.428. The van der Waals surface area contributed by atoms with Crippen molar-refractivity contribution in [2.24, 2.45) is 17.9 Å². The van der Waals surface area contributed by atoms with Crippen LogP contribution < -0.4 is 0 Å². The maximum absolute atomic E-state index is 6.62. The molecule has 0 aliphatic carbocycles. The molecule has 2 fully saturated rings. The Labute approximate surface area is 191 Å². The summed E-state index contributed by atoms with van der Waals surface area (Å²) in [4.78, 5) is 5.22. The molecule has 7 heteroatoms. The van der Waals surface area contributed by atoms with E-state index >= 15 is 0 Å². The standard InChI is InChI=1S/C24H38ClN5O/c1-18-16-20(27-31-18)21-19(22(25)28(5)26-21)17-30-14-9-24(10-15-30)7-12-29(13-8-24)11-6-23(2,3)4/h16H,6-15,17H2,1-5H3. The van der Waals surface area contributed by atoms with Gasteiger partial charge in [0.25, 0.3) is 0 Å². The second-order valence-electron chi connectivity index (χ2n) is 11.0. The van der Waals surface area contributed by atoms with Gasteiger partial charge in [-0.3, -0.25) is 9.58 Å². The molecule has 0 saturated carbocycles. The summed E-state index contributed by atoms with van der Waals surface area (Å²) in [5.41, 5.74) is 3.64. The Morgan fingerprint density at radius 1 is 1.06 bits per heavy atom. The van der Waals surface area contributed by atoms with E-state index in [4.69, 9.17) is 16.1 Å². The lowest BCUT2D eigenvalue weighted by molar-refractivity contribution is 0.0296. The molecule has 0 atom stereocenters. The molecule has 2 saturated heterocycles. The summed E-state index contributed by atoms with van der Waals surface area (Å²) in [6.45, 7) is 15.8. The van der Waals surface area contributed by atoms with Crippen molar-refractivity contribution in [2.75, 3.05) is 32.7 Å². The van der Waals surface area contributed by atoms with Crippen molar-refractivity contribution >= 4 is 11.6 Å². The Morgan fingerprint density at radius 3 is 2.23 bits per heavy atom. The van der Waals surface area contributed by atoms with Crippen LogP contribution in [0.3, 0.4) is 0 Å². The Hall–Kier alpha value is -1.37.